The Kier molecular flexibility index (Phi) is 7.25. The zero-order valence-electron chi connectivity index (χ0n) is 18.2. The van der Waals surface area contributed by atoms with E-state index < -0.39 is 29.8 Å². The van der Waals surface area contributed by atoms with Crippen LogP contribution in [0.2, 0.25) is 0 Å². The molecule has 3 rings (SSSR count). The molecule has 2 aromatic rings. The first-order valence-electron chi connectivity index (χ1n) is 10.4. The third kappa shape index (κ3) is 5.63. The Labute approximate surface area is 189 Å². The number of para-hydroxylation sites is 1. The third-order valence-electron chi connectivity index (χ3n) is 5.32. The molecule has 1 aliphatic heterocycles. The quantitative estimate of drug-likeness (QED) is 0.746. The van der Waals surface area contributed by atoms with Gasteiger partial charge < -0.3 is 19.9 Å². The highest BCUT2D eigenvalue weighted by molar-refractivity contribution is 5.96. The number of ether oxygens (including phenoxy) is 1. The predicted molar refractivity (Wildman–Crippen MR) is 115 cm³/mol. The van der Waals surface area contributed by atoms with Gasteiger partial charge >= 0.3 is 12.3 Å². The van der Waals surface area contributed by atoms with E-state index in [1.807, 2.05) is 0 Å². The number of alkyl carbamates (subject to hydrolysis) is 1. The normalized spacial score (nSPS) is 16.9. The van der Waals surface area contributed by atoms with E-state index in [1.54, 1.807) is 38.2 Å². The summed E-state index contributed by atoms with van der Waals surface area (Å²) in [6.07, 6.45) is -6.12. The molecule has 33 heavy (non-hydrogen) atoms. The van der Waals surface area contributed by atoms with Crippen LogP contribution in [0.25, 0.3) is 0 Å². The van der Waals surface area contributed by atoms with Crippen molar-refractivity contribution in [3.63, 3.8) is 0 Å². The molecule has 176 valence electrons. The summed E-state index contributed by atoms with van der Waals surface area (Å²) in [5.74, 6) is -0.825. The van der Waals surface area contributed by atoms with Crippen molar-refractivity contribution in [2.45, 2.75) is 25.6 Å². The maximum Gasteiger partial charge on any atom is 0.416 e. The molecule has 0 aliphatic carbocycles. The Morgan fingerprint density at radius 1 is 1.12 bits per heavy atom. The molecule has 0 fully saturated rings. The largest absolute Gasteiger partial charge is 0.439 e. The van der Waals surface area contributed by atoms with E-state index >= 15 is 0 Å². The van der Waals surface area contributed by atoms with Gasteiger partial charge in [0.15, 0.2) is 0 Å². The summed E-state index contributed by atoms with van der Waals surface area (Å²) in [7, 11) is 1.59. The molecule has 0 radical (unpaired) electrons. The first-order valence-corrected chi connectivity index (χ1v) is 10.4. The van der Waals surface area contributed by atoms with Crippen molar-refractivity contribution >= 4 is 23.6 Å². The Hall–Kier alpha value is -3.56. The molecule has 1 atom stereocenters. The summed E-state index contributed by atoms with van der Waals surface area (Å²) in [6.45, 7) is 1.99. The first-order chi connectivity index (χ1) is 15.6. The predicted octanol–water partition coefficient (Wildman–Crippen LogP) is 4.00. The number of anilines is 1. The molecule has 3 amide bonds. The smallest absolute Gasteiger partial charge is 0.416 e. The fourth-order valence-corrected chi connectivity index (χ4v) is 3.57. The molecule has 1 aliphatic rings. The minimum atomic E-state index is -4.52. The van der Waals surface area contributed by atoms with E-state index in [4.69, 9.17) is 4.74 Å². The Morgan fingerprint density at radius 2 is 1.79 bits per heavy atom. The molecular weight excluding hydrogens is 439 g/mol. The van der Waals surface area contributed by atoms with Crippen LogP contribution in [0.3, 0.4) is 0 Å². The average molecular weight is 463 g/mol. The van der Waals surface area contributed by atoms with E-state index in [2.05, 4.69) is 5.32 Å². The van der Waals surface area contributed by atoms with Crippen LogP contribution in [0.15, 0.2) is 48.5 Å². The van der Waals surface area contributed by atoms with Gasteiger partial charge in [-0.3, -0.25) is 9.59 Å². The number of carbonyl (C=O) groups excluding carboxylic acids is 3. The zero-order chi connectivity index (χ0) is 24.2. The van der Waals surface area contributed by atoms with Crippen LogP contribution in [0.5, 0.6) is 0 Å². The summed E-state index contributed by atoms with van der Waals surface area (Å²) in [5.41, 5.74) is 0.243. The highest BCUT2D eigenvalue weighted by Crippen LogP contribution is 2.32. The molecule has 0 spiro atoms. The summed E-state index contributed by atoms with van der Waals surface area (Å²) in [5, 5.41) is 2.54. The molecule has 0 bridgehead atoms. The molecule has 2 aromatic carbocycles. The number of alkyl halides is 3. The second kappa shape index (κ2) is 9.93. The lowest BCUT2D eigenvalue weighted by Crippen LogP contribution is -2.38. The van der Waals surface area contributed by atoms with Gasteiger partial charge in [-0.15, -0.1) is 0 Å². The van der Waals surface area contributed by atoms with Crippen LogP contribution in [0.4, 0.5) is 23.7 Å². The van der Waals surface area contributed by atoms with Crippen molar-refractivity contribution in [1.29, 1.82) is 0 Å². The fraction of sp³-hybridized carbons (Fsp3) is 0.348. The number of nitrogens with zero attached hydrogens (tertiary/aromatic N) is 2. The van der Waals surface area contributed by atoms with Crippen LogP contribution in [-0.2, 0) is 15.7 Å². The second-order valence-electron chi connectivity index (χ2n) is 7.51. The molecule has 10 heteroatoms. The van der Waals surface area contributed by atoms with Crippen LogP contribution >= 0.6 is 0 Å². The van der Waals surface area contributed by atoms with Crippen molar-refractivity contribution < 1.29 is 32.3 Å². The Balaban J connectivity index is 1.96. The van der Waals surface area contributed by atoms with Crippen molar-refractivity contribution in [1.82, 2.24) is 10.2 Å². The van der Waals surface area contributed by atoms with Crippen molar-refractivity contribution in [3.8, 4) is 0 Å². The summed E-state index contributed by atoms with van der Waals surface area (Å²) >= 11 is 0. The highest BCUT2D eigenvalue weighted by Gasteiger charge is 2.32. The van der Waals surface area contributed by atoms with E-state index in [0.717, 1.165) is 24.3 Å². The number of halogens is 3. The third-order valence-corrected chi connectivity index (χ3v) is 5.32. The molecule has 1 N–H and O–H groups in total. The number of nitrogens with one attached hydrogen (secondary N) is 1. The summed E-state index contributed by atoms with van der Waals surface area (Å²) < 4.78 is 44.2. The summed E-state index contributed by atoms with van der Waals surface area (Å²) in [6, 6.07) is 10.8. The lowest BCUT2D eigenvalue weighted by molar-refractivity contribution is -0.137. The molecule has 0 aromatic heterocycles. The van der Waals surface area contributed by atoms with Gasteiger partial charge in [-0.25, -0.2) is 4.79 Å². The fourth-order valence-electron chi connectivity index (χ4n) is 3.57. The van der Waals surface area contributed by atoms with Gasteiger partial charge in [0.25, 0.3) is 5.91 Å². The van der Waals surface area contributed by atoms with Crippen LogP contribution in [0.1, 0.15) is 40.9 Å². The number of amides is 3. The van der Waals surface area contributed by atoms with Crippen LogP contribution < -0.4 is 10.2 Å². The number of carbonyl (C=O) groups is 3. The Morgan fingerprint density at radius 3 is 2.42 bits per heavy atom. The number of fused-ring (bicyclic) bond motifs is 1. The van der Waals surface area contributed by atoms with Crippen LogP contribution in [-0.4, -0.2) is 49.5 Å². The lowest BCUT2D eigenvalue weighted by Gasteiger charge is -2.28. The van der Waals surface area contributed by atoms with Gasteiger partial charge in [0.05, 0.1) is 17.8 Å². The highest BCUT2D eigenvalue weighted by atomic mass is 19.4. The van der Waals surface area contributed by atoms with E-state index in [1.165, 1.54) is 9.80 Å². The molecule has 0 saturated heterocycles. The van der Waals surface area contributed by atoms with E-state index in [9.17, 15) is 27.6 Å². The first kappa shape index (κ1) is 24.1. The van der Waals surface area contributed by atoms with Gasteiger partial charge in [-0.2, -0.15) is 13.2 Å². The van der Waals surface area contributed by atoms with Crippen molar-refractivity contribution in [2.75, 3.05) is 31.6 Å². The number of benzene rings is 2. The molecule has 1 heterocycles. The lowest BCUT2D eigenvalue weighted by atomic mass is 10.0. The van der Waals surface area contributed by atoms with E-state index in [0.29, 0.717) is 17.8 Å². The summed E-state index contributed by atoms with van der Waals surface area (Å²) in [4.78, 5) is 40.8. The number of rotatable bonds is 3. The Bertz CT molecular complexity index is 1020. The molecule has 0 saturated carbocycles. The van der Waals surface area contributed by atoms with Crippen LogP contribution in [0, 0.1) is 0 Å². The standard InChI is InChI=1S/C23H24F3N3O4/c1-3-27-22(32)33-19-14-29(21(31)15-8-10-16(11-9-15)23(24,25)26)13-12-20(30)28(2)18-7-5-4-6-17(18)19/h4-11,19H,3,12-14H2,1-2H3,(H,27,32). The molecular formula is C23H24F3N3O4. The average Bonchev–Trinajstić information content (AvgIpc) is 2.83. The monoisotopic (exact) mass is 463 g/mol. The number of hydrogen-bond donors (Lipinski definition) is 1. The topological polar surface area (TPSA) is 79.0 Å². The SMILES string of the molecule is CCNC(=O)OC1CN(C(=O)c2ccc(C(F)(F)F)cc2)CCC(=O)N(C)c2ccccc21. The van der Waals surface area contributed by atoms with Crippen molar-refractivity contribution in [2.24, 2.45) is 0 Å². The minimum Gasteiger partial charge on any atom is -0.439 e. The minimum absolute atomic E-state index is 0.00622. The zero-order valence-corrected chi connectivity index (χ0v) is 18.2. The maximum atomic E-state index is 13.2. The van der Waals surface area contributed by atoms with Crippen molar-refractivity contribution in [3.05, 3.63) is 65.2 Å². The van der Waals surface area contributed by atoms with Gasteiger partial charge in [0.2, 0.25) is 5.91 Å². The maximum absolute atomic E-state index is 13.2. The second-order valence-corrected chi connectivity index (χ2v) is 7.51. The molecule has 7 nitrogen and oxygen atoms in total. The van der Waals surface area contributed by atoms with Gasteiger partial charge in [-0.1, -0.05) is 18.2 Å². The van der Waals surface area contributed by atoms with Gasteiger partial charge in [0, 0.05) is 37.7 Å². The van der Waals surface area contributed by atoms with Gasteiger partial charge in [-0.05, 0) is 37.3 Å². The van der Waals surface area contributed by atoms with Gasteiger partial charge in [0.1, 0.15) is 6.10 Å². The van der Waals surface area contributed by atoms with E-state index in [-0.39, 0.29) is 31.0 Å². The number of hydrogen-bond acceptors (Lipinski definition) is 4. The molecule has 1 unspecified atom stereocenters.